The summed E-state index contributed by atoms with van der Waals surface area (Å²) in [6.07, 6.45) is 0. The van der Waals surface area contributed by atoms with Crippen LogP contribution in [0.3, 0.4) is 0 Å². The highest BCUT2D eigenvalue weighted by molar-refractivity contribution is 5.76. The molecule has 5 heteroatoms. The Morgan fingerprint density at radius 1 is 1.41 bits per heavy atom. The minimum Gasteiger partial charge on any atom is -0.493 e. The minimum absolute atomic E-state index is 0.230. The zero-order valence-corrected chi connectivity index (χ0v) is 10.1. The number of ether oxygens (including phenoxy) is 2. The van der Waals surface area contributed by atoms with Crippen molar-refractivity contribution in [2.24, 2.45) is 17.4 Å². The lowest BCUT2D eigenvalue weighted by atomic mass is 10.2. The van der Waals surface area contributed by atoms with E-state index in [9.17, 15) is 4.79 Å². The molecule has 0 saturated carbocycles. The summed E-state index contributed by atoms with van der Waals surface area (Å²) in [7, 11) is 1.56. The Hall–Kier alpha value is -1.75. The molecular formula is C12H18N2O3. The molecule has 94 valence electrons. The summed E-state index contributed by atoms with van der Waals surface area (Å²) in [6, 6.07) is 5.44. The van der Waals surface area contributed by atoms with Gasteiger partial charge in [0.05, 0.1) is 19.6 Å². The maximum Gasteiger partial charge on any atom is 0.223 e. The Kier molecular flexibility index (Phi) is 4.78. The van der Waals surface area contributed by atoms with E-state index in [4.69, 9.17) is 20.9 Å². The molecule has 0 aliphatic carbocycles. The van der Waals surface area contributed by atoms with E-state index in [-0.39, 0.29) is 18.4 Å². The van der Waals surface area contributed by atoms with E-state index < -0.39 is 0 Å². The van der Waals surface area contributed by atoms with Crippen LogP contribution in [0.25, 0.3) is 0 Å². The number of nitrogens with two attached hydrogens (primary N) is 2. The lowest BCUT2D eigenvalue weighted by Crippen LogP contribution is -2.25. The highest BCUT2D eigenvalue weighted by Gasteiger charge is 2.11. The number of carbonyl (C=O) groups is 1. The van der Waals surface area contributed by atoms with Crippen molar-refractivity contribution in [3.63, 3.8) is 0 Å². The predicted octanol–water partition coefficient (Wildman–Crippen LogP) is 0.654. The standard InChI is InChI=1S/C12H18N2O3/c1-8(12(14)15)7-17-10-4-3-9(6-13)5-11(10)16-2/h3-5,8H,6-7,13H2,1-2H3,(H2,14,15). The molecule has 0 heterocycles. The number of hydrogen-bond donors (Lipinski definition) is 2. The molecule has 0 aromatic heterocycles. The van der Waals surface area contributed by atoms with Gasteiger partial charge >= 0.3 is 0 Å². The topological polar surface area (TPSA) is 87.6 Å². The van der Waals surface area contributed by atoms with E-state index in [1.54, 1.807) is 20.1 Å². The van der Waals surface area contributed by atoms with Crippen molar-refractivity contribution in [3.8, 4) is 11.5 Å². The van der Waals surface area contributed by atoms with Crippen molar-refractivity contribution in [1.29, 1.82) is 0 Å². The summed E-state index contributed by atoms with van der Waals surface area (Å²) < 4.78 is 10.7. The van der Waals surface area contributed by atoms with Crippen molar-refractivity contribution in [1.82, 2.24) is 0 Å². The van der Waals surface area contributed by atoms with Crippen molar-refractivity contribution in [2.75, 3.05) is 13.7 Å². The monoisotopic (exact) mass is 238 g/mol. The van der Waals surface area contributed by atoms with Crippen molar-refractivity contribution in [3.05, 3.63) is 23.8 Å². The first-order valence-corrected chi connectivity index (χ1v) is 5.37. The molecule has 4 N–H and O–H groups in total. The number of methoxy groups -OCH3 is 1. The summed E-state index contributed by atoms with van der Waals surface area (Å²) in [5.74, 6) is 0.457. The van der Waals surface area contributed by atoms with Gasteiger partial charge in [0.25, 0.3) is 0 Å². The van der Waals surface area contributed by atoms with Crippen LogP contribution >= 0.6 is 0 Å². The highest BCUT2D eigenvalue weighted by atomic mass is 16.5. The van der Waals surface area contributed by atoms with Crippen LogP contribution in [0.1, 0.15) is 12.5 Å². The number of hydrogen-bond acceptors (Lipinski definition) is 4. The lowest BCUT2D eigenvalue weighted by molar-refractivity contribution is -0.122. The Balaban J connectivity index is 2.73. The van der Waals surface area contributed by atoms with Gasteiger partial charge in [-0.2, -0.15) is 0 Å². The van der Waals surface area contributed by atoms with Gasteiger partial charge in [0.1, 0.15) is 0 Å². The van der Waals surface area contributed by atoms with Gasteiger partial charge in [0.15, 0.2) is 11.5 Å². The lowest BCUT2D eigenvalue weighted by Gasteiger charge is -2.13. The molecule has 1 atom stereocenters. The number of benzene rings is 1. The molecule has 17 heavy (non-hydrogen) atoms. The first kappa shape index (κ1) is 13.3. The van der Waals surface area contributed by atoms with Crippen LogP contribution in [0.5, 0.6) is 11.5 Å². The normalized spacial score (nSPS) is 11.9. The average Bonchev–Trinajstić information content (AvgIpc) is 2.35. The van der Waals surface area contributed by atoms with Crippen molar-refractivity contribution >= 4 is 5.91 Å². The fourth-order valence-corrected chi connectivity index (χ4v) is 1.26. The molecule has 0 spiro atoms. The molecule has 0 saturated heterocycles. The summed E-state index contributed by atoms with van der Waals surface area (Å²) in [4.78, 5) is 10.9. The summed E-state index contributed by atoms with van der Waals surface area (Å²) in [5.41, 5.74) is 11.6. The first-order chi connectivity index (χ1) is 8.08. The van der Waals surface area contributed by atoms with E-state index in [2.05, 4.69) is 0 Å². The van der Waals surface area contributed by atoms with Crippen LogP contribution in [0, 0.1) is 5.92 Å². The highest BCUT2D eigenvalue weighted by Crippen LogP contribution is 2.28. The molecule has 1 unspecified atom stereocenters. The van der Waals surface area contributed by atoms with Gasteiger partial charge in [-0.25, -0.2) is 0 Å². The summed E-state index contributed by atoms with van der Waals surface area (Å²) in [6.45, 7) is 2.38. The number of primary amides is 1. The maximum absolute atomic E-state index is 10.9. The molecule has 1 amide bonds. The van der Waals surface area contributed by atoms with E-state index in [1.165, 1.54) is 0 Å². The Morgan fingerprint density at radius 2 is 2.12 bits per heavy atom. The number of rotatable bonds is 6. The van der Waals surface area contributed by atoms with Gasteiger partial charge in [-0.3, -0.25) is 4.79 Å². The second kappa shape index (κ2) is 6.10. The molecule has 0 fully saturated rings. The molecule has 1 aromatic carbocycles. The molecule has 0 aliphatic heterocycles. The van der Waals surface area contributed by atoms with Crippen LogP contribution < -0.4 is 20.9 Å². The predicted molar refractivity (Wildman–Crippen MR) is 64.7 cm³/mol. The van der Waals surface area contributed by atoms with Gasteiger partial charge in [0, 0.05) is 6.54 Å². The molecule has 1 aromatic rings. The zero-order chi connectivity index (χ0) is 12.8. The van der Waals surface area contributed by atoms with E-state index in [0.717, 1.165) is 5.56 Å². The molecule has 0 radical (unpaired) electrons. The smallest absolute Gasteiger partial charge is 0.223 e. The molecule has 0 bridgehead atoms. The Bertz CT molecular complexity index is 393. The average molecular weight is 238 g/mol. The van der Waals surface area contributed by atoms with Gasteiger partial charge < -0.3 is 20.9 Å². The first-order valence-electron chi connectivity index (χ1n) is 5.37. The van der Waals surface area contributed by atoms with Gasteiger partial charge in [-0.15, -0.1) is 0 Å². The van der Waals surface area contributed by atoms with E-state index in [1.807, 2.05) is 12.1 Å². The van der Waals surface area contributed by atoms with Gasteiger partial charge in [0.2, 0.25) is 5.91 Å². The van der Waals surface area contributed by atoms with Crippen LogP contribution in [-0.4, -0.2) is 19.6 Å². The van der Waals surface area contributed by atoms with Crippen LogP contribution in [0.2, 0.25) is 0 Å². The molecule has 5 nitrogen and oxygen atoms in total. The van der Waals surface area contributed by atoms with E-state index >= 15 is 0 Å². The fraction of sp³-hybridized carbons (Fsp3) is 0.417. The van der Waals surface area contributed by atoms with Crippen LogP contribution in [-0.2, 0) is 11.3 Å². The van der Waals surface area contributed by atoms with Gasteiger partial charge in [-0.05, 0) is 17.7 Å². The molecule has 1 rings (SSSR count). The largest absolute Gasteiger partial charge is 0.493 e. The van der Waals surface area contributed by atoms with Crippen LogP contribution in [0.4, 0.5) is 0 Å². The SMILES string of the molecule is COc1cc(CN)ccc1OCC(C)C(N)=O. The van der Waals surface area contributed by atoms with Crippen LogP contribution in [0.15, 0.2) is 18.2 Å². The molecular weight excluding hydrogens is 220 g/mol. The zero-order valence-electron chi connectivity index (χ0n) is 10.1. The fourth-order valence-electron chi connectivity index (χ4n) is 1.26. The quantitative estimate of drug-likeness (QED) is 0.761. The summed E-state index contributed by atoms with van der Waals surface area (Å²) >= 11 is 0. The maximum atomic E-state index is 10.9. The molecule has 0 aliphatic rings. The third-order valence-electron chi connectivity index (χ3n) is 2.44. The Morgan fingerprint density at radius 3 is 2.65 bits per heavy atom. The second-order valence-corrected chi connectivity index (χ2v) is 3.80. The minimum atomic E-state index is -0.387. The number of amides is 1. The number of carbonyl (C=O) groups excluding carboxylic acids is 1. The van der Waals surface area contributed by atoms with Crippen molar-refractivity contribution in [2.45, 2.75) is 13.5 Å². The van der Waals surface area contributed by atoms with Crippen molar-refractivity contribution < 1.29 is 14.3 Å². The third-order valence-corrected chi connectivity index (χ3v) is 2.44. The summed E-state index contributed by atoms with van der Waals surface area (Å²) in [5, 5.41) is 0. The van der Waals surface area contributed by atoms with E-state index in [0.29, 0.717) is 18.0 Å². The Labute approximate surface area is 101 Å². The second-order valence-electron chi connectivity index (χ2n) is 3.80. The van der Waals surface area contributed by atoms with Gasteiger partial charge in [-0.1, -0.05) is 13.0 Å². The third kappa shape index (κ3) is 3.64.